The largest absolute Gasteiger partial charge is 0.458 e. The third-order valence-corrected chi connectivity index (χ3v) is 5.52. The second-order valence-corrected chi connectivity index (χ2v) is 7.21. The lowest BCUT2D eigenvalue weighted by Crippen LogP contribution is -2.73. The van der Waals surface area contributed by atoms with Crippen molar-refractivity contribution < 1.29 is 63.3 Å². The Morgan fingerprint density at radius 1 is 1.03 bits per heavy atom. The summed E-state index contributed by atoms with van der Waals surface area (Å²) in [7, 11) is 0. The first-order valence-electron chi connectivity index (χ1n) is 8.08. The number of carbonyl (C=O) groups excluding carboxylic acids is 1. The first kappa shape index (κ1) is 22.1. The summed E-state index contributed by atoms with van der Waals surface area (Å²) in [6.45, 7) is -2.75. The number of hydrogen-bond acceptors (Lipinski definition) is 4. The van der Waals surface area contributed by atoms with Crippen LogP contribution in [0.2, 0.25) is 0 Å². The molecule has 1 N–H and O–H groups in total. The van der Waals surface area contributed by atoms with Crippen molar-refractivity contribution in [3.63, 3.8) is 0 Å². The highest BCUT2D eigenvalue weighted by Crippen LogP contribution is 2.62. The Bertz CT molecular complexity index is 730. The average Bonchev–Trinajstić information content (AvgIpc) is 3.22. The SMILES string of the molecule is O=C(OC1(C(F)(F)C(F)(F)F)COC(O)(C(F)(F)F)C1(F)F)C1CC2C=CC1C2. The molecular formula is C15H12F10O4. The highest BCUT2D eigenvalue weighted by Gasteiger charge is 2.93. The number of alkyl halides is 10. The van der Waals surface area contributed by atoms with E-state index >= 15 is 0 Å². The number of aliphatic hydroxyl groups is 1. The van der Waals surface area contributed by atoms with Gasteiger partial charge in [0.2, 0.25) is 0 Å². The van der Waals surface area contributed by atoms with Crippen molar-refractivity contribution in [1.82, 2.24) is 0 Å². The number of fused-ring (bicyclic) bond motifs is 2. The topological polar surface area (TPSA) is 55.8 Å². The Balaban J connectivity index is 2.07. The zero-order valence-electron chi connectivity index (χ0n) is 14.0. The molecular weight excluding hydrogens is 434 g/mol. The van der Waals surface area contributed by atoms with Gasteiger partial charge < -0.3 is 14.6 Å². The second-order valence-electron chi connectivity index (χ2n) is 7.21. The summed E-state index contributed by atoms with van der Waals surface area (Å²) in [5, 5.41) is 9.20. The molecule has 3 rings (SSSR count). The highest BCUT2D eigenvalue weighted by molar-refractivity contribution is 5.75. The summed E-state index contributed by atoms with van der Waals surface area (Å²) < 4.78 is 142. The van der Waals surface area contributed by atoms with Gasteiger partial charge in [0.25, 0.3) is 5.60 Å². The molecule has 166 valence electrons. The minimum Gasteiger partial charge on any atom is -0.443 e. The molecule has 0 amide bonds. The summed E-state index contributed by atoms with van der Waals surface area (Å²) in [4.78, 5) is 12.2. The zero-order valence-corrected chi connectivity index (χ0v) is 14.0. The molecule has 0 aromatic heterocycles. The number of allylic oxidation sites excluding steroid dienone is 2. The number of ether oxygens (including phenoxy) is 2. The average molecular weight is 446 g/mol. The molecule has 0 radical (unpaired) electrons. The van der Waals surface area contributed by atoms with Crippen LogP contribution in [0.3, 0.4) is 0 Å². The molecule has 5 unspecified atom stereocenters. The van der Waals surface area contributed by atoms with Crippen LogP contribution in [0.5, 0.6) is 0 Å². The van der Waals surface area contributed by atoms with Crippen LogP contribution in [0.25, 0.3) is 0 Å². The molecule has 2 bridgehead atoms. The van der Waals surface area contributed by atoms with Crippen molar-refractivity contribution in [2.45, 2.75) is 48.4 Å². The van der Waals surface area contributed by atoms with Gasteiger partial charge in [-0.15, -0.1) is 0 Å². The van der Waals surface area contributed by atoms with Gasteiger partial charge >= 0.3 is 36.0 Å². The number of halogens is 10. The number of rotatable bonds is 3. The summed E-state index contributed by atoms with van der Waals surface area (Å²) in [6.07, 6.45) is -10.2. The molecule has 3 aliphatic rings. The van der Waals surface area contributed by atoms with Crippen molar-refractivity contribution in [1.29, 1.82) is 0 Å². The molecule has 2 fully saturated rings. The van der Waals surface area contributed by atoms with Gasteiger partial charge in [0, 0.05) is 0 Å². The quantitative estimate of drug-likeness (QED) is 0.409. The fourth-order valence-electron chi connectivity index (χ4n) is 3.89. The van der Waals surface area contributed by atoms with Crippen LogP contribution in [0.1, 0.15) is 12.8 Å². The van der Waals surface area contributed by atoms with Gasteiger partial charge in [-0.25, -0.2) is 0 Å². The van der Waals surface area contributed by atoms with Crippen LogP contribution in [0.4, 0.5) is 43.9 Å². The fourth-order valence-corrected chi connectivity index (χ4v) is 3.89. The van der Waals surface area contributed by atoms with Crippen LogP contribution in [-0.2, 0) is 14.3 Å². The maximum Gasteiger partial charge on any atom is 0.458 e. The monoisotopic (exact) mass is 446 g/mol. The Hall–Kier alpha value is -1.57. The third-order valence-electron chi connectivity index (χ3n) is 5.52. The van der Waals surface area contributed by atoms with Crippen molar-refractivity contribution in [3.8, 4) is 0 Å². The molecule has 5 atom stereocenters. The van der Waals surface area contributed by atoms with Crippen LogP contribution in [-0.4, -0.2) is 53.3 Å². The molecule has 0 spiro atoms. The summed E-state index contributed by atoms with van der Waals surface area (Å²) in [5.41, 5.74) is -5.47. The minimum absolute atomic E-state index is 0.121. The first-order chi connectivity index (χ1) is 12.9. The molecule has 29 heavy (non-hydrogen) atoms. The maximum absolute atomic E-state index is 14.5. The van der Waals surface area contributed by atoms with Crippen molar-refractivity contribution in [2.75, 3.05) is 6.61 Å². The van der Waals surface area contributed by atoms with Crippen molar-refractivity contribution >= 4 is 5.97 Å². The van der Waals surface area contributed by atoms with E-state index in [4.69, 9.17) is 0 Å². The van der Waals surface area contributed by atoms with E-state index in [-0.39, 0.29) is 18.8 Å². The second kappa shape index (κ2) is 5.99. The van der Waals surface area contributed by atoms with E-state index in [2.05, 4.69) is 9.47 Å². The Morgan fingerprint density at radius 2 is 1.62 bits per heavy atom. The molecule has 1 heterocycles. The normalized spacial score (nSPS) is 39.2. The van der Waals surface area contributed by atoms with Crippen LogP contribution < -0.4 is 0 Å². The van der Waals surface area contributed by atoms with E-state index in [0.717, 1.165) is 0 Å². The molecule has 1 saturated carbocycles. The number of esters is 1. The molecule has 0 aromatic carbocycles. The lowest BCUT2D eigenvalue weighted by Gasteiger charge is -2.42. The molecule has 1 aliphatic heterocycles. The third kappa shape index (κ3) is 2.70. The van der Waals surface area contributed by atoms with Crippen LogP contribution in [0, 0.1) is 17.8 Å². The van der Waals surface area contributed by atoms with Gasteiger partial charge in [0.15, 0.2) is 0 Å². The smallest absolute Gasteiger partial charge is 0.443 e. The lowest BCUT2D eigenvalue weighted by atomic mass is 9.84. The van der Waals surface area contributed by atoms with Gasteiger partial charge in [0.05, 0.1) is 5.92 Å². The predicted molar refractivity (Wildman–Crippen MR) is 70.6 cm³/mol. The van der Waals surface area contributed by atoms with Gasteiger partial charge in [-0.3, -0.25) is 4.79 Å². The van der Waals surface area contributed by atoms with Crippen molar-refractivity contribution in [2.24, 2.45) is 17.8 Å². The van der Waals surface area contributed by atoms with E-state index in [1.165, 1.54) is 6.08 Å². The summed E-state index contributed by atoms with van der Waals surface area (Å²) >= 11 is 0. The maximum atomic E-state index is 14.5. The van der Waals surface area contributed by atoms with Gasteiger partial charge in [-0.05, 0) is 24.7 Å². The molecule has 2 aliphatic carbocycles. The van der Waals surface area contributed by atoms with Gasteiger partial charge in [-0.2, -0.15) is 43.9 Å². The minimum atomic E-state index is -6.86. The Kier molecular flexibility index (Phi) is 4.57. The highest BCUT2D eigenvalue weighted by atomic mass is 19.4. The van der Waals surface area contributed by atoms with E-state index in [9.17, 15) is 53.8 Å². The van der Waals surface area contributed by atoms with Gasteiger partial charge in [0.1, 0.15) is 6.61 Å². The molecule has 4 nitrogen and oxygen atoms in total. The van der Waals surface area contributed by atoms with Crippen LogP contribution >= 0.6 is 0 Å². The molecule has 14 heteroatoms. The molecule has 0 aromatic rings. The van der Waals surface area contributed by atoms with E-state index in [1.807, 2.05) is 0 Å². The summed E-state index contributed by atoms with van der Waals surface area (Å²) in [6, 6.07) is 0. The number of carbonyl (C=O) groups is 1. The van der Waals surface area contributed by atoms with Crippen molar-refractivity contribution in [3.05, 3.63) is 12.2 Å². The van der Waals surface area contributed by atoms with Gasteiger partial charge in [-0.1, -0.05) is 12.2 Å². The number of hydrogen-bond donors (Lipinski definition) is 1. The Labute approximate surface area is 155 Å². The Morgan fingerprint density at radius 3 is 2.00 bits per heavy atom. The zero-order chi connectivity index (χ0) is 22.3. The summed E-state index contributed by atoms with van der Waals surface area (Å²) in [5.74, 6) is -23.2. The standard InChI is InChI=1S/C15H12F10O4/c16-11(17)10(12(18,19)14(20,21)22,5-28-13(11,27)15(23,24)25)29-9(26)8-4-6-1-2-7(8)3-6/h1-2,6-8,27H,3-5H2. The van der Waals surface area contributed by atoms with E-state index < -0.39 is 60.0 Å². The fraction of sp³-hybridized carbons (Fsp3) is 0.800. The predicted octanol–water partition coefficient (Wildman–Crippen LogP) is 3.59. The lowest BCUT2D eigenvalue weighted by molar-refractivity contribution is -0.428. The van der Waals surface area contributed by atoms with E-state index in [1.54, 1.807) is 6.08 Å². The molecule has 1 saturated heterocycles. The first-order valence-corrected chi connectivity index (χ1v) is 8.08. The van der Waals surface area contributed by atoms with Crippen LogP contribution in [0.15, 0.2) is 12.2 Å². The van der Waals surface area contributed by atoms with E-state index in [0.29, 0.717) is 0 Å².